The molecular weight excluding hydrogens is 310 g/mol. The molecular formula is C14H20BrNOS. The number of nitrogens with one attached hydrogen (secondary N) is 1. The van der Waals surface area contributed by atoms with E-state index >= 15 is 0 Å². The Bertz CT molecular complexity index is 400. The molecule has 0 aromatic carbocycles. The zero-order valence-corrected chi connectivity index (χ0v) is 13.0. The van der Waals surface area contributed by atoms with Gasteiger partial charge in [-0.1, -0.05) is 12.8 Å². The summed E-state index contributed by atoms with van der Waals surface area (Å²) >= 11 is 5.29. The summed E-state index contributed by atoms with van der Waals surface area (Å²) in [5.74, 6) is 0. The third-order valence-corrected chi connectivity index (χ3v) is 5.84. The number of ether oxygens (including phenoxy) is 1. The minimum absolute atomic E-state index is 0.276. The van der Waals surface area contributed by atoms with Crippen molar-refractivity contribution in [3.8, 4) is 0 Å². The maximum absolute atomic E-state index is 6.28. The monoisotopic (exact) mass is 329 g/mol. The Balaban J connectivity index is 1.42. The van der Waals surface area contributed by atoms with Gasteiger partial charge in [0, 0.05) is 27.8 Å². The van der Waals surface area contributed by atoms with Crippen LogP contribution >= 0.6 is 27.3 Å². The molecule has 2 aliphatic rings. The van der Waals surface area contributed by atoms with E-state index in [-0.39, 0.29) is 5.60 Å². The van der Waals surface area contributed by atoms with E-state index in [1.54, 1.807) is 11.3 Å². The summed E-state index contributed by atoms with van der Waals surface area (Å²) in [6, 6.07) is 2.19. The van der Waals surface area contributed by atoms with Gasteiger partial charge in [0.05, 0.1) is 11.7 Å². The van der Waals surface area contributed by atoms with Gasteiger partial charge in [0.25, 0.3) is 0 Å². The van der Waals surface area contributed by atoms with Gasteiger partial charge in [-0.05, 0) is 47.7 Å². The highest BCUT2D eigenvalue weighted by atomic mass is 79.9. The van der Waals surface area contributed by atoms with Crippen molar-refractivity contribution in [1.82, 2.24) is 5.32 Å². The van der Waals surface area contributed by atoms with Crippen LogP contribution in [0.15, 0.2) is 15.9 Å². The third kappa shape index (κ3) is 2.98. The SMILES string of the molecule is Brc1csc(CNCC2CCC3(CCCC3)O2)c1. The van der Waals surface area contributed by atoms with E-state index in [0.29, 0.717) is 6.10 Å². The Kier molecular flexibility index (Phi) is 4.09. The normalized spacial score (nSPS) is 26.2. The molecule has 2 nitrogen and oxygen atoms in total. The third-order valence-electron chi connectivity index (χ3n) is 4.15. The molecule has 1 aliphatic heterocycles. The average Bonchev–Trinajstić information content (AvgIpc) is 3.05. The minimum atomic E-state index is 0.276. The number of rotatable bonds is 4. The molecule has 1 spiro atoms. The van der Waals surface area contributed by atoms with Gasteiger partial charge >= 0.3 is 0 Å². The predicted molar refractivity (Wildman–Crippen MR) is 79.0 cm³/mol. The van der Waals surface area contributed by atoms with Crippen molar-refractivity contribution in [2.45, 2.75) is 56.8 Å². The fourth-order valence-corrected chi connectivity index (χ4v) is 4.65. The van der Waals surface area contributed by atoms with Crippen LogP contribution in [0.25, 0.3) is 0 Å². The lowest BCUT2D eigenvalue weighted by Gasteiger charge is -2.23. The summed E-state index contributed by atoms with van der Waals surface area (Å²) in [5.41, 5.74) is 0.276. The van der Waals surface area contributed by atoms with Crippen molar-refractivity contribution in [3.05, 3.63) is 20.8 Å². The number of halogens is 1. The van der Waals surface area contributed by atoms with Crippen LogP contribution in [0.5, 0.6) is 0 Å². The van der Waals surface area contributed by atoms with Crippen LogP contribution in [0.3, 0.4) is 0 Å². The highest BCUT2D eigenvalue weighted by molar-refractivity contribution is 9.10. The second-order valence-electron chi connectivity index (χ2n) is 5.53. The molecule has 1 unspecified atom stereocenters. The van der Waals surface area contributed by atoms with Crippen molar-refractivity contribution >= 4 is 27.3 Å². The topological polar surface area (TPSA) is 21.3 Å². The Labute approximate surface area is 121 Å². The molecule has 3 rings (SSSR count). The summed E-state index contributed by atoms with van der Waals surface area (Å²) in [5, 5.41) is 5.66. The summed E-state index contributed by atoms with van der Waals surface area (Å²) in [6.45, 7) is 1.96. The highest BCUT2D eigenvalue weighted by Gasteiger charge is 2.41. The molecule has 2 fully saturated rings. The van der Waals surface area contributed by atoms with Crippen molar-refractivity contribution in [1.29, 1.82) is 0 Å². The van der Waals surface area contributed by atoms with Gasteiger partial charge in [-0.25, -0.2) is 0 Å². The molecule has 100 valence electrons. The second kappa shape index (κ2) is 5.61. The van der Waals surface area contributed by atoms with Crippen molar-refractivity contribution < 1.29 is 4.74 Å². The molecule has 1 atom stereocenters. The fourth-order valence-electron chi connectivity index (χ4n) is 3.23. The van der Waals surface area contributed by atoms with Crippen LogP contribution in [0.1, 0.15) is 43.4 Å². The average molecular weight is 330 g/mol. The van der Waals surface area contributed by atoms with Crippen molar-refractivity contribution in [2.24, 2.45) is 0 Å². The Morgan fingerprint density at radius 2 is 2.22 bits per heavy atom. The van der Waals surface area contributed by atoms with Gasteiger partial charge in [-0.15, -0.1) is 11.3 Å². The standard InChI is InChI=1S/C14H20BrNOS/c15-11-7-13(18-10-11)9-16-8-12-3-6-14(17-12)4-1-2-5-14/h7,10,12,16H,1-6,8-9H2. The lowest BCUT2D eigenvalue weighted by Crippen LogP contribution is -2.30. The molecule has 0 amide bonds. The van der Waals surface area contributed by atoms with Crippen LogP contribution in [-0.2, 0) is 11.3 Å². The maximum Gasteiger partial charge on any atom is 0.0708 e. The lowest BCUT2D eigenvalue weighted by molar-refractivity contribution is -0.0351. The number of thiophene rings is 1. The molecule has 1 saturated carbocycles. The first-order valence-corrected chi connectivity index (χ1v) is 8.55. The van der Waals surface area contributed by atoms with Crippen LogP contribution < -0.4 is 5.32 Å². The first-order chi connectivity index (χ1) is 8.76. The predicted octanol–water partition coefficient (Wildman–Crippen LogP) is 4.09. The fraction of sp³-hybridized carbons (Fsp3) is 0.714. The molecule has 1 aromatic heterocycles. The quantitative estimate of drug-likeness (QED) is 0.898. The van der Waals surface area contributed by atoms with E-state index in [1.807, 2.05) is 0 Å². The lowest BCUT2D eigenvalue weighted by atomic mass is 9.98. The summed E-state index contributed by atoms with van der Waals surface area (Å²) in [4.78, 5) is 1.38. The van der Waals surface area contributed by atoms with Crippen molar-refractivity contribution in [2.75, 3.05) is 6.54 Å². The van der Waals surface area contributed by atoms with E-state index in [2.05, 4.69) is 32.7 Å². The largest absolute Gasteiger partial charge is 0.370 e. The molecule has 0 radical (unpaired) electrons. The highest BCUT2D eigenvalue weighted by Crippen LogP contribution is 2.43. The first kappa shape index (κ1) is 13.1. The zero-order chi connectivity index (χ0) is 12.4. The number of hydrogen-bond donors (Lipinski definition) is 1. The van der Waals surface area contributed by atoms with E-state index in [1.165, 1.54) is 47.9 Å². The van der Waals surface area contributed by atoms with Crippen LogP contribution in [0.4, 0.5) is 0 Å². The van der Waals surface area contributed by atoms with Gasteiger partial charge < -0.3 is 10.1 Å². The van der Waals surface area contributed by atoms with Gasteiger partial charge in [0.15, 0.2) is 0 Å². The maximum atomic E-state index is 6.28. The van der Waals surface area contributed by atoms with Gasteiger partial charge in [-0.3, -0.25) is 0 Å². The molecule has 18 heavy (non-hydrogen) atoms. The molecule has 2 heterocycles. The van der Waals surface area contributed by atoms with E-state index in [9.17, 15) is 0 Å². The molecule has 0 bridgehead atoms. The summed E-state index contributed by atoms with van der Waals surface area (Å²) < 4.78 is 7.47. The summed E-state index contributed by atoms with van der Waals surface area (Å²) in [7, 11) is 0. The Hall–Kier alpha value is 0.1000. The van der Waals surface area contributed by atoms with Gasteiger partial charge in [0.1, 0.15) is 0 Å². The van der Waals surface area contributed by atoms with Gasteiger partial charge in [0.2, 0.25) is 0 Å². The molecule has 1 saturated heterocycles. The smallest absolute Gasteiger partial charge is 0.0708 e. The van der Waals surface area contributed by atoms with E-state index < -0.39 is 0 Å². The molecule has 1 N–H and O–H groups in total. The van der Waals surface area contributed by atoms with Crippen LogP contribution in [0, 0.1) is 0 Å². The van der Waals surface area contributed by atoms with Crippen LogP contribution in [-0.4, -0.2) is 18.2 Å². The molecule has 1 aromatic rings. The Morgan fingerprint density at radius 1 is 1.39 bits per heavy atom. The number of hydrogen-bond acceptors (Lipinski definition) is 3. The second-order valence-corrected chi connectivity index (χ2v) is 7.44. The van der Waals surface area contributed by atoms with E-state index in [4.69, 9.17) is 4.74 Å². The first-order valence-electron chi connectivity index (χ1n) is 6.87. The van der Waals surface area contributed by atoms with Gasteiger partial charge in [-0.2, -0.15) is 0 Å². The Morgan fingerprint density at radius 3 is 2.94 bits per heavy atom. The minimum Gasteiger partial charge on any atom is -0.370 e. The van der Waals surface area contributed by atoms with Crippen molar-refractivity contribution in [3.63, 3.8) is 0 Å². The molecule has 4 heteroatoms. The van der Waals surface area contributed by atoms with E-state index in [0.717, 1.165) is 13.1 Å². The molecule has 1 aliphatic carbocycles. The van der Waals surface area contributed by atoms with Crippen LogP contribution in [0.2, 0.25) is 0 Å². The summed E-state index contributed by atoms with van der Waals surface area (Å²) in [6.07, 6.45) is 8.27. The zero-order valence-electron chi connectivity index (χ0n) is 10.6.